The topological polar surface area (TPSA) is 35.8 Å². The highest BCUT2D eigenvalue weighted by Gasteiger charge is 1.97. The average Bonchev–Trinajstić information content (AvgIpc) is 2.05. The molecule has 0 saturated carbocycles. The highest BCUT2D eigenvalue weighted by molar-refractivity contribution is 9.10. The van der Waals surface area contributed by atoms with Gasteiger partial charge in [-0.3, -0.25) is 0 Å². The van der Waals surface area contributed by atoms with E-state index >= 15 is 0 Å². The van der Waals surface area contributed by atoms with Crippen molar-refractivity contribution >= 4 is 21.6 Å². The summed E-state index contributed by atoms with van der Waals surface area (Å²) in [4.78, 5) is 0. The molecule has 0 heterocycles. The van der Waals surface area contributed by atoms with Gasteiger partial charge in [0, 0.05) is 17.2 Å². The Morgan fingerprint density at radius 3 is 2.82 bits per heavy atom. The summed E-state index contributed by atoms with van der Waals surface area (Å²) in [5.74, 6) is 0. The minimum Gasteiger partial charge on any atom is -0.387 e. The maximum atomic E-state index is 8.56. The Labute approximate surface area is 74.0 Å². The van der Waals surface area contributed by atoms with Gasteiger partial charge in [-0.05, 0) is 34.1 Å². The third-order valence-corrected chi connectivity index (χ3v) is 2.06. The quantitative estimate of drug-likeness (QED) is 0.773. The molecule has 0 aliphatic rings. The molecule has 0 saturated heterocycles. The lowest BCUT2D eigenvalue weighted by molar-refractivity contribution is 1.44. The number of nitrogens with one attached hydrogen (secondary N) is 1. The summed E-state index contributed by atoms with van der Waals surface area (Å²) in [5, 5.41) is 11.5. The van der Waals surface area contributed by atoms with Crippen molar-refractivity contribution in [1.29, 1.82) is 5.26 Å². The summed E-state index contributed by atoms with van der Waals surface area (Å²) in [6, 6.07) is 7.48. The molecule has 0 aliphatic heterocycles. The second-order valence-electron chi connectivity index (χ2n) is 2.06. The summed E-state index contributed by atoms with van der Waals surface area (Å²) in [6.45, 7) is 0. The van der Waals surface area contributed by atoms with Crippen molar-refractivity contribution in [3.05, 3.63) is 28.2 Å². The molecule has 0 spiro atoms. The number of hydrogen-bond acceptors (Lipinski definition) is 2. The van der Waals surface area contributed by atoms with E-state index in [2.05, 4.69) is 27.3 Å². The molecular weight excluding hydrogens is 204 g/mol. The molecule has 0 aromatic heterocycles. The van der Waals surface area contributed by atoms with E-state index in [1.807, 2.05) is 13.1 Å². The molecule has 0 amide bonds. The standard InChI is InChI=1S/C8H7BrN2/c1-11-8-4-6(5-10)2-3-7(8)9/h2-4,11H,1H3. The van der Waals surface area contributed by atoms with E-state index in [-0.39, 0.29) is 0 Å². The zero-order valence-electron chi connectivity index (χ0n) is 6.06. The molecule has 0 atom stereocenters. The lowest BCUT2D eigenvalue weighted by atomic mass is 10.2. The van der Waals surface area contributed by atoms with Gasteiger partial charge >= 0.3 is 0 Å². The summed E-state index contributed by atoms with van der Waals surface area (Å²) >= 11 is 3.35. The molecule has 1 aromatic carbocycles. The van der Waals surface area contributed by atoms with Crippen LogP contribution in [0.1, 0.15) is 5.56 Å². The number of nitriles is 1. The Balaban J connectivity index is 3.15. The maximum Gasteiger partial charge on any atom is 0.0992 e. The molecule has 1 rings (SSSR count). The predicted octanol–water partition coefficient (Wildman–Crippen LogP) is 2.36. The Bertz CT molecular complexity index is 301. The van der Waals surface area contributed by atoms with Crippen LogP contribution in [0.3, 0.4) is 0 Å². The number of halogens is 1. The molecule has 0 unspecified atom stereocenters. The SMILES string of the molecule is CNc1cc(C#N)ccc1Br. The molecule has 11 heavy (non-hydrogen) atoms. The van der Waals surface area contributed by atoms with Crippen LogP contribution in [0.25, 0.3) is 0 Å². The predicted molar refractivity (Wildman–Crippen MR) is 48.4 cm³/mol. The Morgan fingerprint density at radius 2 is 2.27 bits per heavy atom. The fourth-order valence-electron chi connectivity index (χ4n) is 0.786. The van der Waals surface area contributed by atoms with E-state index in [1.165, 1.54) is 0 Å². The van der Waals surface area contributed by atoms with Crippen LogP contribution in [-0.2, 0) is 0 Å². The highest BCUT2D eigenvalue weighted by Crippen LogP contribution is 2.22. The van der Waals surface area contributed by atoms with Crippen molar-refractivity contribution in [3.8, 4) is 6.07 Å². The van der Waals surface area contributed by atoms with Gasteiger partial charge < -0.3 is 5.32 Å². The van der Waals surface area contributed by atoms with Crippen LogP contribution in [0.5, 0.6) is 0 Å². The van der Waals surface area contributed by atoms with Gasteiger partial charge in [0.25, 0.3) is 0 Å². The van der Waals surface area contributed by atoms with Gasteiger partial charge in [-0.1, -0.05) is 0 Å². The Morgan fingerprint density at radius 1 is 1.55 bits per heavy atom. The summed E-state index contributed by atoms with van der Waals surface area (Å²) in [5.41, 5.74) is 1.60. The zero-order valence-corrected chi connectivity index (χ0v) is 7.64. The van der Waals surface area contributed by atoms with Gasteiger partial charge in [0.05, 0.1) is 11.6 Å². The van der Waals surface area contributed by atoms with Crippen molar-refractivity contribution in [3.63, 3.8) is 0 Å². The second kappa shape index (κ2) is 3.40. The van der Waals surface area contributed by atoms with Gasteiger partial charge in [0.1, 0.15) is 0 Å². The first-order chi connectivity index (χ1) is 5.27. The van der Waals surface area contributed by atoms with Crippen molar-refractivity contribution in [2.24, 2.45) is 0 Å². The largest absolute Gasteiger partial charge is 0.387 e. The average molecular weight is 211 g/mol. The van der Waals surface area contributed by atoms with Crippen LogP contribution in [0.2, 0.25) is 0 Å². The van der Waals surface area contributed by atoms with Crippen molar-refractivity contribution < 1.29 is 0 Å². The third-order valence-electron chi connectivity index (χ3n) is 1.36. The number of nitrogens with zero attached hydrogens (tertiary/aromatic N) is 1. The van der Waals surface area contributed by atoms with Gasteiger partial charge in [-0.2, -0.15) is 5.26 Å². The van der Waals surface area contributed by atoms with Crippen LogP contribution < -0.4 is 5.32 Å². The van der Waals surface area contributed by atoms with Crippen LogP contribution in [0.4, 0.5) is 5.69 Å². The second-order valence-corrected chi connectivity index (χ2v) is 2.91. The van der Waals surface area contributed by atoms with E-state index in [9.17, 15) is 0 Å². The number of benzene rings is 1. The van der Waals surface area contributed by atoms with Crippen molar-refractivity contribution in [2.45, 2.75) is 0 Å². The molecule has 2 nitrogen and oxygen atoms in total. The van der Waals surface area contributed by atoms with E-state index in [1.54, 1.807) is 12.1 Å². The first-order valence-corrected chi connectivity index (χ1v) is 3.94. The minimum atomic E-state index is 0.664. The minimum absolute atomic E-state index is 0.664. The van der Waals surface area contributed by atoms with Gasteiger partial charge in [-0.25, -0.2) is 0 Å². The van der Waals surface area contributed by atoms with Gasteiger partial charge in [-0.15, -0.1) is 0 Å². The van der Waals surface area contributed by atoms with Crippen LogP contribution in [-0.4, -0.2) is 7.05 Å². The lowest BCUT2D eigenvalue weighted by Gasteiger charge is -2.01. The molecule has 56 valence electrons. The van der Waals surface area contributed by atoms with Gasteiger partial charge in [0.2, 0.25) is 0 Å². The summed E-state index contributed by atoms with van der Waals surface area (Å²) < 4.78 is 0.971. The maximum absolute atomic E-state index is 8.56. The monoisotopic (exact) mass is 210 g/mol. The Kier molecular flexibility index (Phi) is 2.50. The first-order valence-electron chi connectivity index (χ1n) is 3.15. The fourth-order valence-corrected chi connectivity index (χ4v) is 1.23. The normalized spacial score (nSPS) is 8.82. The molecule has 1 N–H and O–H groups in total. The van der Waals surface area contributed by atoms with E-state index in [4.69, 9.17) is 5.26 Å². The zero-order chi connectivity index (χ0) is 8.27. The number of rotatable bonds is 1. The molecular formula is C8H7BrN2. The van der Waals surface area contributed by atoms with Crippen LogP contribution in [0, 0.1) is 11.3 Å². The molecule has 0 radical (unpaired) electrons. The molecule has 0 bridgehead atoms. The molecule has 0 aliphatic carbocycles. The van der Waals surface area contributed by atoms with Crippen LogP contribution >= 0.6 is 15.9 Å². The third kappa shape index (κ3) is 1.72. The fraction of sp³-hybridized carbons (Fsp3) is 0.125. The molecule has 0 fully saturated rings. The number of hydrogen-bond donors (Lipinski definition) is 1. The first kappa shape index (κ1) is 8.09. The highest BCUT2D eigenvalue weighted by atomic mass is 79.9. The summed E-state index contributed by atoms with van der Waals surface area (Å²) in [6.07, 6.45) is 0. The van der Waals surface area contributed by atoms with E-state index in [0.29, 0.717) is 5.56 Å². The van der Waals surface area contributed by atoms with Crippen molar-refractivity contribution in [2.75, 3.05) is 12.4 Å². The smallest absolute Gasteiger partial charge is 0.0992 e. The van der Waals surface area contributed by atoms with Crippen molar-refractivity contribution in [1.82, 2.24) is 0 Å². The molecule has 1 aromatic rings. The van der Waals surface area contributed by atoms with Crippen LogP contribution in [0.15, 0.2) is 22.7 Å². The summed E-state index contributed by atoms with van der Waals surface area (Å²) in [7, 11) is 1.82. The molecule has 3 heteroatoms. The van der Waals surface area contributed by atoms with E-state index in [0.717, 1.165) is 10.2 Å². The van der Waals surface area contributed by atoms with E-state index < -0.39 is 0 Å². The Hall–Kier alpha value is -1.01. The lowest BCUT2D eigenvalue weighted by Crippen LogP contribution is -1.89. The van der Waals surface area contributed by atoms with Gasteiger partial charge in [0.15, 0.2) is 0 Å². The number of anilines is 1.